The zero-order valence-corrected chi connectivity index (χ0v) is 19.0. The molecule has 0 saturated heterocycles. The Morgan fingerprint density at radius 1 is 1.06 bits per heavy atom. The van der Waals surface area contributed by atoms with Crippen LogP contribution in [-0.4, -0.2) is 10.9 Å². The molecule has 162 valence electrons. The molecule has 8 heteroatoms. The van der Waals surface area contributed by atoms with Gasteiger partial charge < -0.3 is 10.1 Å². The molecule has 1 amide bonds. The molecule has 1 heterocycles. The molecule has 0 aliphatic rings. The highest BCUT2D eigenvalue weighted by molar-refractivity contribution is 7.13. The van der Waals surface area contributed by atoms with Gasteiger partial charge in [0, 0.05) is 33.1 Å². The van der Waals surface area contributed by atoms with E-state index >= 15 is 0 Å². The number of benzene rings is 3. The Morgan fingerprint density at radius 2 is 1.91 bits per heavy atom. The lowest BCUT2D eigenvalue weighted by Gasteiger charge is -2.09. The Balaban J connectivity index is 1.40. The van der Waals surface area contributed by atoms with E-state index in [2.05, 4.69) is 10.3 Å². The van der Waals surface area contributed by atoms with Crippen molar-refractivity contribution in [1.29, 1.82) is 0 Å². The van der Waals surface area contributed by atoms with Gasteiger partial charge in [0.15, 0.2) is 0 Å². The second-order valence-corrected chi connectivity index (χ2v) is 8.60. The molecule has 4 aromatic rings. The van der Waals surface area contributed by atoms with E-state index in [1.165, 1.54) is 23.5 Å². The van der Waals surface area contributed by atoms with Gasteiger partial charge in [0.2, 0.25) is 0 Å². The zero-order chi connectivity index (χ0) is 22.5. The highest BCUT2D eigenvalue weighted by Gasteiger charge is 2.13. The number of carbonyl (C=O) groups is 1. The molecular weight excluding hydrogens is 470 g/mol. The van der Waals surface area contributed by atoms with Crippen molar-refractivity contribution in [2.75, 3.05) is 0 Å². The van der Waals surface area contributed by atoms with E-state index in [0.717, 1.165) is 11.1 Å². The average Bonchev–Trinajstić information content (AvgIpc) is 3.28. The van der Waals surface area contributed by atoms with Gasteiger partial charge in [-0.2, -0.15) is 0 Å². The van der Waals surface area contributed by atoms with Crippen LogP contribution in [0.3, 0.4) is 0 Å². The second-order valence-electron chi connectivity index (χ2n) is 6.90. The van der Waals surface area contributed by atoms with Crippen molar-refractivity contribution in [3.63, 3.8) is 0 Å². The van der Waals surface area contributed by atoms with Gasteiger partial charge >= 0.3 is 0 Å². The fourth-order valence-corrected chi connectivity index (χ4v) is 4.21. The van der Waals surface area contributed by atoms with Crippen molar-refractivity contribution in [3.05, 3.63) is 105 Å². The van der Waals surface area contributed by atoms with Crippen LogP contribution in [0.1, 0.15) is 21.6 Å². The SMILES string of the molecule is O=C(NCc1cccc(F)c1)c1csc(-c2cccc(OCc3ccc(Cl)cc3Cl)c2)n1. The average molecular weight is 487 g/mol. The maximum absolute atomic E-state index is 13.3. The zero-order valence-electron chi connectivity index (χ0n) is 16.6. The molecule has 0 radical (unpaired) electrons. The van der Waals surface area contributed by atoms with Crippen LogP contribution in [0, 0.1) is 5.82 Å². The minimum absolute atomic E-state index is 0.222. The van der Waals surface area contributed by atoms with Gasteiger partial charge in [-0.15, -0.1) is 11.3 Å². The summed E-state index contributed by atoms with van der Waals surface area (Å²) in [5.74, 6) is -0.00417. The van der Waals surface area contributed by atoms with Crippen LogP contribution in [0.2, 0.25) is 10.0 Å². The molecule has 0 spiro atoms. The van der Waals surface area contributed by atoms with Gasteiger partial charge in [0.1, 0.15) is 28.9 Å². The fourth-order valence-electron chi connectivity index (χ4n) is 2.95. The maximum atomic E-state index is 13.3. The largest absolute Gasteiger partial charge is 0.489 e. The summed E-state index contributed by atoms with van der Waals surface area (Å²) in [6.45, 7) is 0.519. The summed E-state index contributed by atoms with van der Waals surface area (Å²) in [6, 6.07) is 18.8. The summed E-state index contributed by atoms with van der Waals surface area (Å²) in [7, 11) is 0. The number of thiazole rings is 1. The maximum Gasteiger partial charge on any atom is 0.271 e. The first-order valence-electron chi connectivity index (χ1n) is 9.63. The number of halogens is 3. The van der Waals surface area contributed by atoms with Gasteiger partial charge in [-0.25, -0.2) is 9.37 Å². The lowest BCUT2D eigenvalue weighted by Crippen LogP contribution is -2.23. The summed E-state index contributed by atoms with van der Waals surface area (Å²) in [5.41, 5.74) is 2.65. The Bertz CT molecular complexity index is 1260. The van der Waals surface area contributed by atoms with Crippen LogP contribution < -0.4 is 10.1 Å². The molecule has 0 unspecified atom stereocenters. The second kappa shape index (κ2) is 10.1. The van der Waals surface area contributed by atoms with Crippen molar-refractivity contribution in [2.24, 2.45) is 0 Å². The van der Waals surface area contributed by atoms with Crippen LogP contribution in [0.25, 0.3) is 10.6 Å². The topological polar surface area (TPSA) is 51.2 Å². The number of nitrogens with one attached hydrogen (secondary N) is 1. The summed E-state index contributed by atoms with van der Waals surface area (Å²) in [5, 5.41) is 6.25. The summed E-state index contributed by atoms with van der Waals surface area (Å²) in [4.78, 5) is 16.9. The molecule has 32 heavy (non-hydrogen) atoms. The highest BCUT2D eigenvalue weighted by Crippen LogP contribution is 2.28. The predicted molar refractivity (Wildman–Crippen MR) is 126 cm³/mol. The summed E-state index contributed by atoms with van der Waals surface area (Å²) in [6.07, 6.45) is 0. The summed E-state index contributed by atoms with van der Waals surface area (Å²) >= 11 is 13.5. The third-order valence-electron chi connectivity index (χ3n) is 4.57. The molecule has 1 N–H and O–H groups in total. The van der Waals surface area contributed by atoms with Gasteiger partial charge in [-0.1, -0.05) is 53.5 Å². The van der Waals surface area contributed by atoms with Crippen molar-refractivity contribution in [1.82, 2.24) is 10.3 Å². The number of hydrogen-bond acceptors (Lipinski definition) is 4. The van der Waals surface area contributed by atoms with Crippen molar-refractivity contribution >= 4 is 40.4 Å². The third-order valence-corrected chi connectivity index (χ3v) is 6.05. The molecule has 0 atom stereocenters. The fraction of sp³-hybridized carbons (Fsp3) is 0.0833. The molecular formula is C24H17Cl2FN2O2S. The van der Waals surface area contributed by atoms with E-state index in [1.807, 2.05) is 30.3 Å². The molecule has 0 aliphatic carbocycles. The number of carbonyl (C=O) groups excluding carboxylic acids is 1. The number of rotatable bonds is 7. The van der Waals surface area contributed by atoms with E-state index in [-0.39, 0.29) is 18.3 Å². The molecule has 0 aliphatic heterocycles. The minimum Gasteiger partial charge on any atom is -0.489 e. The molecule has 4 rings (SSSR count). The van der Waals surface area contributed by atoms with Gasteiger partial charge in [-0.3, -0.25) is 4.79 Å². The van der Waals surface area contributed by atoms with E-state index < -0.39 is 0 Å². The Labute approximate surface area is 198 Å². The smallest absolute Gasteiger partial charge is 0.271 e. The van der Waals surface area contributed by atoms with Gasteiger partial charge in [0.25, 0.3) is 5.91 Å². The van der Waals surface area contributed by atoms with Crippen molar-refractivity contribution < 1.29 is 13.9 Å². The summed E-state index contributed by atoms with van der Waals surface area (Å²) < 4.78 is 19.1. The van der Waals surface area contributed by atoms with Crippen LogP contribution in [-0.2, 0) is 13.2 Å². The number of amides is 1. The normalized spacial score (nSPS) is 10.7. The molecule has 0 fully saturated rings. The van der Waals surface area contributed by atoms with Gasteiger partial charge in [0.05, 0.1) is 0 Å². The monoisotopic (exact) mass is 486 g/mol. The first-order valence-corrected chi connectivity index (χ1v) is 11.3. The Morgan fingerprint density at radius 3 is 2.72 bits per heavy atom. The molecule has 0 bridgehead atoms. The molecule has 3 aromatic carbocycles. The van der Waals surface area contributed by atoms with Crippen LogP contribution in [0.5, 0.6) is 5.75 Å². The lowest BCUT2D eigenvalue weighted by molar-refractivity contribution is 0.0946. The van der Waals surface area contributed by atoms with E-state index in [9.17, 15) is 9.18 Å². The molecule has 0 saturated carbocycles. The molecule has 1 aromatic heterocycles. The first kappa shape index (κ1) is 22.3. The molecule has 4 nitrogen and oxygen atoms in total. The van der Waals surface area contributed by atoms with Crippen molar-refractivity contribution in [2.45, 2.75) is 13.2 Å². The Kier molecular flexibility index (Phi) is 7.05. The number of hydrogen-bond donors (Lipinski definition) is 1. The minimum atomic E-state index is -0.340. The van der Waals surface area contributed by atoms with E-state index in [0.29, 0.717) is 38.7 Å². The number of nitrogens with zero attached hydrogens (tertiary/aromatic N) is 1. The quantitative estimate of drug-likeness (QED) is 0.313. The lowest BCUT2D eigenvalue weighted by atomic mass is 10.2. The first-order chi connectivity index (χ1) is 15.5. The van der Waals surface area contributed by atoms with Gasteiger partial charge in [-0.05, 0) is 42.0 Å². The van der Waals surface area contributed by atoms with Crippen LogP contribution >= 0.6 is 34.5 Å². The standard InChI is InChI=1S/C24H17Cl2FN2O2S/c25-18-8-7-17(21(26)11-18)13-31-20-6-2-4-16(10-20)24-29-22(14-32-24)23(30)28-12-15-3-1-5-19(27)9-15/h1-11,14H,12-13H2,(H,28,30). The van der Waals surface area contributed by atoms with Crippen LogP contribution in [0.15, 0.2) is 72.1 Å². The number of aromatic nitrogens is 1. The Hall–Kier alpha value is -2.93. The van der Waals surface area contributed by atoms with E-state index in [4.69, 9.17) is 27.9 Å². The number of ether oxygens (including phenoxy) is 1. The third kappa shape index (κ3) is 5.65. The van der Waals surface area contributed by atoms with Crippen LogP contribution in [0.4, 0.5) is 4.39 Å². The highest BCUT2D eigenvalue weighted by atomic mass is 35.5. The predicted octanol–water partition coefficient (Wildman–Crippen LogP) is 6.77. The van der Waals surface area contributed by atoms with E-state index in [1.54, 1.807) is 29.6 Å². The van der Waals surface area contributed by atoms with Crippen molar-refractivity contribution in [3.8, 4) is 16.3 Å².